The van der Waals surface area contributed by atoms with E-state index < -0.39 is 0 Å². The minimum atomic E-state index is -0.279. The maximum absolute atomic E-state index is 11.8. The van der Waals surface area contributed by atoms with Crippen LogP contribution in [0.4, 0.5) is 0 Å². The molecule has 94 valence electrons. The monoisotopic (exact) mass is 265 g/mol. The van der Waals surface area contributed by atoms with Crippen LogP contribution in [0.1, 0.15) is 23.2 Å². The Morgan fingerprint density at radius 3 is 2.94 bits per heavy atom. The predicted octanol–water partition coefficient (Wildman–Crippen LogP) is 2.08. The number of nitrogens with one attached hydrogen (secondary N) is 1. The molecule has 6 heteroatoms. The number of amides is 1. The summed E-state index contributed by atoms with van der Waals surface area (Å²) < 4.78 is 5.21. The first kappa shape index (κ1) is 12.6. The van der Waals surface area contributed by atoms with Crippen molar-refractivity contribution in [2.24, 2.45) is 0 Å². The number of rotatable bonds is 4. The molecule has 1 amide bonds. The second-order valence-electron chi connectivity index (χ2n) is 3.88. The van der Waals surface area contributed by atoms with Crippen molar-refractivity contribution < 1.29 is 9.21 Å². The summed E-state index contributed by atoms with van der Waals surface area (Å²) in [6.07, 6.45) is 4.92. The second-order valence-corrected chi connectivity index (χ2v) is 4.27. The molecule has 2 heterocycles. The number of aromatic nitrogens is 2. The quantitative estimate of drug-likeness (QED) is 0.919. The zero-order valence-electron chi connectivity index (χ0n) is 9.76. The lowest BCUT2D eigenvalue weighted by Gasteiger charge is -2.11. The van der Waals surface area contributed by atoms with E-state index in [9.17, 15) is 4.79 Å². The lowest BCUT2D eigenvalue weighted by molar-refractivity contribution is 0.0934. The maximum Gasteiger partial charge on any atom is 0.271 e. The van der Waals surface area contributed by atoms with Crippen LogP contribution in [-0.2, 0) is 6.42 Å². The van der Waals surface area contributed by atoms with Gasteiger partial charge in [0.2, 0.25) is 0 Å². The average Bonchev–Trinajstić information content (AvgIpc) is 2.82. The maximum atomic E-state index is 11.8. The molecule has 0 fully saturated rings. The number of halogens is 1. The Bertz CT molecular complexity index is 511. The summed E-state index contributed by atoms with van der Waals surface area (Å²) in [5, 5.41) is 3.07. The van der Waals surface area contributed by atoms with Crippen LogP contribution in [0.25, 0.3) is 0 Å². The van der Waals surface area contributed by atoms with E-state index in [0.29, 0.717) is 6.42 Å². The molecule has 0 bridgehead atoms. The van der Waals surface area contributed by atoms with Gasteiger partial charge in [0.1, 0.15) is 16.6 Å². The highest BCUT2D eigenvalue weighted by molar-refractivity contribution is 6.29. The Labute approximate surface area is 109 Å². The topological polar surface area (TPSA) is 68.0 Å². The van der Waals surface area contributed by atoms with Crippen molar-refractivity contribution in [2.75, 3.05) is 0 Å². The first-order chi connectivity index (χ1) is 8.65. The summed E-state index contributed by atoms with van der Waals surface area (Å²) in [5.74, 6) is 0.545. The third-order valence-corrected chi connectivity index (χ3v) is 2.51. The summed E-state index contributed by atoms with van der Waals surface area (Å²) in [7, 11) is 0. The third kappa shape index (κ3) is 3.30. The number of carbonyl (C=O) groups excluding carboxylic acids is 1. The Kier molecular flexibility index (Phi) is 3.94. The van der Waals surface area contributed by atoms with Crippen molar-refractivity contribution in [1.29, 1.82) is 0 Å². The SMILES string of the molecule is CC(Cc1ccco1)NC(=O)c1cnc(Cl)cn1. The number of carbonyl (C=O) groups is 1. The van der Waals surface area contributed by atoms with Crippen LogP contribution in [0, 0.1) is 0 Å². The molecule has 0 aromatic carbocycles. The normalized spacial score (nSPS) is 12.1. The van der Waals surface area contributed by atoms with Crippen molar-refractivity contribution in [3.63, 3.8) is 0 Å². The molecule has 1 N–H and O–H groups in total. The summed E-state index contributed by atoms with van der Waals surface area (Å²) in [6.45, 7) is 1.89. The molecule has 1 atom stereocenters. The molecular weight excluding hydrogens is 254 g/mol. The molecule has 0 spiro atoms. The molecule has 0 aliphatic carbocycles. The smallest absolute Gasteiger partial charge is 0.271 e. The van der Waals surface area contributed by atoms with Gasteiger partial charge in [0.25, 0.3) is 5.91 Å². The lowest BCUT2D eigenvalue weighted by atomic mass is 10.2. The fourth-order valence-electron chi connectivity index (χ4n) is 1.51. The van der Waals surface area contributed by atoms with Crippen LogP contribution in [-0.4, -0.2) is 21.9 Å². The number of hydrogen-bond donors (Lipinski definition) is 1. The Hall–Kier alpha value is -1.88. The van der Waals surface area contributed by atoms with E-state index in [0.717, 1.165) is 5.76 Å². The fourth-order valence-corrected chi connectivity index (χ4v) is 1.61. The number of furan rings is 1. The van der Waals surface area contributed by atoms with Gasteiger partial charge >= 0.3 is 0 Å². The molecule has 0 saturated carbocycles. The molecule has 2 rings (SSSR count). The van der Waals surface area contributed by atoms with Crippen molar-refractivity contribution in [1.82, 2.24) is 15.3 Å². The van der Waals surface area contributed by atoms with Gasteiger partial charge in [-0.3, -0.25) is 4.79 Å². The van der Waals surface area contributed by atoms with Crippen LogP contribution in [0.2, 0.25) is 5.15 Å². The van der Waals surface area contributed by atoms with Gasteiger partial charge in [-0.05, 0) is 19.1 Å². The minimum absolute atomic E-state index is 0.0545. The zero-order valence-corrected chi connectivity index (χ0v) is 10.5. The third-order valence-electron chi connectivity index (χ3n) is 2.32. The van der Waals surface area contributed by atoms with Crippen molar-refractivity contribution in [3.8, 4) is 0 Å². The second kappa shape index (κ2) is 5.64. The first-order valence-corrected chi connectivity index (χ1v) is 5.84. The summed E-state index contributed by atoms with van der Waals surface area (Å²) >= 11 is 5.60. The standard InChI is InChI=1S/C12H12ClN3O2/c1-8(5-9-3-2-4-18-9)16-12(17)10-6-15-11(13)7-14-10/h2-4,6-8H,5H2,1H3,(H,16,17). The van der Waals surface area contributed by atoms with Crippen LogP contribution in [0.15, 0.2) is 35.2 Å². The van der Waals surface area contributed by atoms with E-state index >= 15 is 0 Å². The Morgan fingerprint density at radius 2 is 2.33 bits per heavy atom. The van der Waals surface area contributed by atoms with E-state index in [1.165, 1.54) is 12.4 Å². The van der Waals surface area contributed by atoms with Gasteiger partial charge < -0.3 is 9.73 Å². The molecular formula is C12H12ClN3O2. The van der Waals surface area contributed by atoms with Crippen molar-refractivity contribution in [3.05, 3.63) is 47.4 Å². The van der Waals surface area contributed by atoms with Crippen LogP contribution in [0.5, 0.6) is 0 Å². The summed E-state index contributed by atoms with van der Waals surface area (Å²) in [6, 6.07) is 3.63. The van der Waals surface area contributed by atoms with Gasteiger partial charge in [0.15, 0.2) is 0 Å². The highest BCUT2D eigenvalue weighted by Crippen LogP contribution is 2.05. The van der Waals surface area contributed by atoms with E-state index in [-0.39, 0.29) is 22.8 Å². The zero-order chi connectivity index (χ0) is 13.0. The van der Waals surface area contributed by atoms with Crippen molar-refractivity contribution >= 4 is 17.5 Å². The van der Waals surface area contributed by atoms with E-state index in [4.69, 9.17) is 16.0 Å². The highest BCUT2D eigenvalue weighted by Gasteiger charge is 2.12. The van der Waals surface area contributed by atoms with Gasteiger partial charge in [0.05, 0.1) is 18.7 Å². The average molecular weight is 266 g/mol. The Morgan fingerprint density at radius 1 is 1.50 bits per heavy atom. The lowest BCUT2D eigenvalue weighted by Crippen LogP contribution is -2.34. The number of nitrogens with zero attached hydrogens (tertiary/aromatic N) is 2. The van der Waals surface area contributed by atoms with Crippen molar-refractivity contribution in [2.45, 2.75) is 19.4 Å². The molecule has 18 heavy (non-hydrogen) atoms. The molecule has 5 nitrogen and oxygen atoms in total. The summed E-state index contributed by atoms with van der Waals surface area (Å²) in [4.78, 5) is 19.5. The highest BCUT2D eigenvalue weighted by atomic mass is 35.5. The molecule has 0 radical (unpaired) electrons. The van der Waals surface area contributed by atoms with E-state index in [1.54, 1.807) is 6.26 Å². The van der Waals surface area contributed by atoms with E-state index in [1.807, 2.05) is 19.1 Å². The van der Waals surface area contributed by atoms with Gasteiger partial charge in [-0.15, -0.1) is 0 Å². The predicted molar refractivity (Wildman–Crippen MR) is 66.4 cm³/mol. The van der Waals surface area contributed by atoms with Crippen LogP contribution in [0.3, 0.4) is 0 Å². The molecule has 0 saturated heterocycles. The van der Waals surface area contributed by atoms with Gasteiger partial charge in [-0.25, -0.2) is 9.97 Å². The van der Waals surface area contributed by atoms with E-state index in [2.05, 4.69) is 15.3 Å². The van der Waals surface area contributed by atoms with Gasteiger partial charge in [0, 0.05) is 12.5 Å². The summed E-state index contributed by atoms with van der Waals surface area (Å²) in [5.41, 5.74) is 0.241. The first-order valence-electron chi connectivity index (χ1n) is 5.46. The fraction of sp³-hybridized carbons (Fsp3) is 0.250. The molecule has 1 unspecified atom stereocenters. The Balaban J connectivity index is 1.92. The molecule has 2 aromatic rings. The van der Waals surface area contributed by atoms with Gasteiger partial charge in [-0.1, -0.05) is 11.6 Å². The molecule has 0 aliphatic rings. The van der Waals surface area contributed by atoms with Gasteiger partial charge in [-0.2, -0.15) is 0 Å². The minimum Gasteiger partial charge on any atom is -0.469 e. The molecule has 0 aliphatic heterocycles. The number of hydrogen-bond acceptors (Lipinski definition) is 4. The van der Waals surface area contributed by atoms with Crippen LogP contribution >= 0.6 is 11.6 Å². The van der Waals surface area contributed by atoms with Crippen LogP contribution < -0.4 is 5.32 Å². The molecule has 2 aromatic heterocycles. The largest absolute Gasteiger partial charge is 0.469 e.